The van der Waals surface area contributed by atoms with Gasteiger partial charge < -0.3 is 10.1 Å². The van der Waals surface area contributed by atoms with E-state index in [4.69, 9.17) is 0 Å². The molecule has 128 valence electrons. The normalized spacial score (nSPS) is 12.3. The zero-order valence-corrected chi connectivity index (χ0v) is 14.0. The first-order valence-corrected chi connectivity index (χ1v) is 9.19. The number of rotatable bonds is 5. The predicted molar refractivity (Wildman–Crippen MR) is 96.5 cm³/mol. The fourth-order valence-corrected chi connectivity index (χ4v) is 2.93. The first-order chi connectivity index (χ1) is 11.8. The molecule has 3 N–H and O–H groups in total. The summed E-state index contributed by atoms with van der Waals surface area (Å²) in [5.74, 6) is -0.849. The number of aliphatic carboxylic acids is 1. The van der Waals surface area contributed by atoms with Gasteiger partial charge >= 0.3 is 5.97 Å². The van der Waals surface area contributed by atoms with Crippen molar-refractivity contribution in [3.63, 3.8) is 0 Å². The van der Waals surface area contributed by atoms with Crippen LogP contribution in [-0.4, -0.2) is 35.7 Å². The van der Waals surface area contributed by atoms with Crippen LogP contribution in [-0.2, 0) is 14.8 Å². The maximum absolute atomic E-state index is 11.6. The molecule has 0 fully saturated rings. The summed E-state index contributed by atoms with van der Waals surface area (Å²) in [6.45, 7) is 0. The van der Waals surface area contributed by atoms with Crippen molar-refractivity contribution in [2.75, 3.05) is 11.0 Å². The second-order valence-electron chi connectivity index (χ2n) is 5.44. The molecule has 0 aliphatic rings. The zero-order valence-electron chi connectivity index (χ0n) is 13.2. The standard InChI is InChI=1S/C17H15N3O4S/c1-25(23,24)20-15-8-7-13-12(10-18-16(13)19-15)9-14(17(21)22)11-5-3-2-4-6-11/h2-10H,1H3,(H,21,22)(H2,18,19,20). The topological polar surface area (TPSA) is 112 Å². The molecule has 2 heterocycles. The van der Waals surface area contributed by atoms with Crippen LogP contribution in [0.1, 0.15) is 11.1 Å². The third kappa shape index (κ3) is 3.86. The Morgan fingerprint density at radius 3 is 2.56 bits per heavy atom. The number of fused-ring (bicyclic) bond motifs is 1. The number of anilines is 1. The van der Waals surface area contributed by atoms with E-state index in [9.17, 15) is 18.3 Å². The summed E-state index contributed by atoms with van der Waals surface area (Å²) in [6.07, 6.45) is 4.23. The summed E-state index contributed by atoms with van der Waals surface area (Å²) in [4.78, 5) is 18.7. The minimum atomic E-state index is -3.42. The van der Waals surface area contributed by atoms with Gasteiger partial charge in [-0.05, 0) is 23.8 Å². The summed E-state index contributed by atoms with van der Waals surface area (Å²) in [7, 11) is -3.42. The van der Waals surface area contributed by atoms with Gasteiger partial charge in [0.1, 0.15) is 11.5 Å². The number of benzene rings is 1. The lowest BCUT2D eigenvalue weighted by Gasteiger charge is -2.03. The third-order valence-corrected chi connectivity index (χ3v) is 4.06. The number of pyridine rings is 1. The van der Waals surface area contributed by atoms with Crippen molar-refractivity contribution in [1.29, 1.82) is 0 Å². The van der Waals surface area contributed by atoms with Gasteiger partial charge in [-0.15, -0.1) is 0 Å². The Bertz CT molecular complexity index is 1070. The maximum atomic E-state index is 11.6. The molecule has 3 aromatic rings. The summed E-state index contributed by atoms with van der Waals surface area (Å²) in [5.41, 5.74) is 1.85. The first-order valence-electron chi connectivity index (χ1n) is 7.30. The smallest absolute Gasteiger partial charge is 0.336 e. The summed E-state index contributed by atoms with van der Waals surface area (Å²) in [6, 6.07) is 12.0. The van der Waals surface area contributed by atoms with Crippen molar-refractivity contribution >= 4 is 44.5 Å². The molecular formula is C17H15N3O4S. The Morgan fingerprint density at radius 2 is 1.92 bits per heavy atom. The Kier molecular flexibility index (Phi) is 4.28. The van der Waals surface area contributed by atoms with Crippen LogP contribution in [0, 0.1) is 0 Å². The van der Waals surface area contributed by atoms with Gasteiger partial charge in [0.2, 0.25) is 10.0 Å². The van der Waals surface area contributed by atoms with Crippen LogP contribution in [0.3, 0.4) is 0 Å². The average Bonchev–Trinajstić information content (AvgIpc) is 2.93. The van der Waals surface area contributed by atoms with E-state index in [1.165, 1.54) is 6.07 Å². The maximum Gasteiger partial charge on any atom is 0.336 e. The van der Waals surface area contributed by atoms with Crippen LogP contribution in [0.15, 0.2) is 48.7 Å². The minimum absolute atomic E-state index is 0.153. The molecule has 0 radical (unpaired) electrons. The fourth-order valence-electron chi connectivity index (χ4n) is 2.43. The molecule has 0 amide bonds. The van der Waals surface area contributed by atoms with E-state index in [-0.39, 0.29) is 11.4 Å². The van der Waals surface area contributed by atoms with Gasteiger partial charge in [0, 0.05) is 17.1 Å². The van der Waals surface area contributed by atoms with Gasteiger partial charge in [0.05, 0.1) is 11.8 Å². The number of aromatic nitrogens is 2. The first kappa shape index (κ1) is 16.7. The molecule has 0 unspecified atom stereocenters. The van der Waals surface area contributed by atoms with Gasteiger partial charge in [0.15, 0.2) is 0 Å². The number of carboxylic acid groups (broad SMARTS) is 1. The van der Waals surface area contributed by atoms with E-state index in [0.29, 0.717) is 22.2 Å². The average molecular weight is 357 g/mol. The molecule has 0 bridgehead atoms. The SMILES string of the molecule is CS(=O)(=O)Nc1ccc2c(C=C(C(=O)O)c3ccccc3)c[nH]c2n1. The molecule has 2 aromatic heterocycles. The van der Waals surface area contributed by atoms with Gasteiger partial charge in [0.25, 0.3) is 0 Å². The molecule has 0 aliphatic carbocycles. The highest BCUT2D eigenvalue weighted by Gasteiger charge is 2.13. The van der Waals surface area contributed by atoms with Gasteiger partial charge in [-0.25, -0.2) is 18.2 Å². The van der Waals surface area contributed by atoms with Crippen LogP contribution in [0.2, 0.25) is 0 Å². The van der Waals surface area contributed by atoms with Crippen LogP contribution in [0.25, 0.3) is 22.7 Å². The second-order valence-corrected chi connectivity index (χ2v) is 7.19. The molecule has 8 heteroatoms. The summed E-state index contributed by atoms with van der Waals surface area (Å²) < 4.78 is 24.9. The largest absolute Gasteiger partial charge is 0.478 e. The van der Waals surface area contributed by atoms with E-state index in [2.05, 4.69) is 14.7 Å². The fraction of sp³-hybridized carbons (Fsp3) is 0.0588. The van der Waals surface area contributed by atoms with Gasteiger partial charge in [-0.1, -0.05) is 30.3 Å². The summed E-state index contributed by atoms with van der Waals surface area (Å²) >= 11 is 0. The molecule has 0 spiro atoms. The quantitative estimate of drug-likeness (QED) is 0.608. The molecule has 0 saturated heterocycles. The number of nitrogens with one attached hydrogen (secondary N) is 2. The number of carbonyl (C=O) groups is 1. The minimum Gasteiger partial charge on any atom is -0.478 e. The second kappa shape index (κ2) is 6.40. The van der Waals surface area contributed by atoms with Gasteiger partial charge in [-0.3, -0.25) is 4.72 Å². The predicted octanol–water partition coefficient (Wildman–Crippen LogP) is 2.56. The Hall–Kier alpha value is -3.13. The molecule has 0 aliphatic heterocycles. The van der Waals surface area contributed by atoms with Crippen LogP contribution >= 0.6 is 0 Å². The number of hydrogen-bond donors (Lipinski definition) is 3. The third-order valence-electron chi connectivity index (χ3n) is 3.48. The van der Waals surface area contributed by atoms with Crippen molar-refractivity contribution in [3.8, 4) is 0 Å². The molecule has 3 rings (SSSR count). The van der Waals surface area contributed by atoms with Crippen LogP contribution in [0.5, 0.6) is 0 Å². The molecular weight excluding hydrogens is 342 g/mol. The molecule has 0 atom stereocenters. The van der Waals surface area contributed by atoms with Crippen molar-refractivity contribution in [2.45, 2.75) is 0 Å². The van der Waals surface area contributed by atoms with Crippen molar-refractivity contribution < 1.29 is 18.3 Å². The Morgan fingerprint density at radius 1 is 1.20 bits per heavy atom. The zero-order chi connectivity index (χ0) is 18.0. The summed E-state index contributed by atoms with van der Waals surface area (Å²) in [5, 5.41) is 10.2. The van der Waals surface area contributed by atoms with Crippen molar-refractivity contribution in [1.82, 2.24) is 9.97 Å². The lowest BCUT2D eigenvalue weighted by atomic mass is 10.0. The highest BCUT2D eigenvalue weighted by Crippen LogP contribution is 2.25. The number of aromatic amines is 1. The number of H-pyrrole nitrogens is 1. The van der Waals surface area contributed by atoms with E-state index < -0.39 is 16.0 Å². The van der Waals surface area contributed by atoms with E-state index in [1.54, 1.807) is 42.6 Å². The Labute approximate surface area is 144 Å². The monoisotopic (exact) mass is 357 g/mol. The highest BCUT2D eigenvalue weighted by atomic mass is 32.2. The molecule has 0 saturated carbocycles. The lowest BCUT2D eigenvalue weighted by Crippen LogP contribution is -2.10. The molecule has 1 aromatic carbocycles. The van der Waals surface area contributed by atoms with Crippen molar-refractivity contribution in [3.05, 3.63) is 59.8 Å². The van der Waals surface area contributed by atoms with Crippen molar-refractivity contribution in [2.24, 2.45) is 0 Å². The van der Waals surface area contributed by atoms with Gasteiger partial charge in [-0.2, -0.15) is 0 Å². The van der Waals surface area contributed by atoms with E-state index in [0.717, 1.165) is 6.26 Å². The van der Waals surface area contributed by atoms with E-state index in [1.807, 2.05) is 6.07 Å². The lowest BCUT2D eigenvalue weighted by molar-refractivity contribution is -0.130. The van der Waals surface area contributed by atoms with Crippen LogP contribution in [0.4, 0.5) is 5.82 Å². The van der Waals surface area contributed by atoms with E-state index >= 15 is 0 Å². The molecule has 7 nitrogen and oxygen atoms in total. The molecule has 25 heavy (non-hydrogen) atoms. The number of carboxylic acids is 1. The number of nitrogens with zero attached hydrogens (tertiary/aromatic N) is 1. The Balaban J connectivity index is 2.05. The van der Waals surface area contributed by atoms with Crippen LogP contribution < -0.4 is 4.72 Å². The number of hydrogen-bond acceptors (Lipinski definition) is 4. The number of sulfonamides is 1. The highest BCUT2D eigenvalue weighted by molar-refractivity contribution is 7.92.